The minimum atomic E-state index is -0.700. The number of benzene rings is 2. The van der Waals surface area contributed by atoms with Gasteiger partial charge in [-0.2, -0.15) is 0 Å². The first kappa shape index (κ1) is 19.2. The molecule has 0 aromatic heterocycles. The highest BCUT2D eigenvalue weighted by molar-refractivity contribution is 6.33. The highest BCUT2D eigenvalue weighted by Gasteiger charge is 2.35. The molecule has 1 N–H and O–H groups in total. The number of hydrazine groups is 1. The molecule has 0 saturated carbocycles. The Morgan fingerprint density at radius 1 is 1.14 bits per heavy atom. The third-order valence-electron chi connectivity index (χ3n) is 3.99. The summed E-state index contributed by atoms with van der Waals surface area (Å²) in [5.74, 6) is -0.998. The lowest BCUT2D eigenvalue weighted by Crippen LogP contribution is -2.35. The molecule has 3 rings (SSSR count). The van der Waals surface area contributed by atoms with E-state index in [1.807, 2.05) is 0 Å². The average Bonchev–Trinajstić information content (AvgIpc) is 2.95. The summed E-state index contributed by atoms with van der Waals surface area (Å²) in [4.78, 5) is 35.8. The zero-order chi connectivity index (χ0) is 20.4. The van der Waals surface area contributed by atoms with Gasteiger partial charge in [-0.1, -0.05) is 17.7 Å². The zero-order valence-electron chi connectivity index (χ0n) is 14.8. The van der Waals surface area contributed by atoms with E-state index in [1.54, 1.807) is 18.2 Å². The second-order valence-electron chi connectivity index (χ2n) is 5.64. The number of methoxy groups -OCH3 is 2. The molecule has 1 aliphatic heterocycles. The quantitative estimate of drug-likeness (QED) is 0.355. The number of hydrogen-bond donors (Lipinski definition) is 1. The van der Waals surface area contributed by atoms with Crippen LogP contribution in [0.15, 0.2) is 42.0 Å². The smallest absolute Gasteiger partial charge is 0.282 e. The Labute approximate surface area is 164 Å². The number of amides is 2. The van der Waals surface area contributed by atoms with Crippen LogP contribution in [0, 0.1) is 10.1 Å². The van der Waals surface area contributed by atoms with Gasteiger partial charge in [0.05, 0.1) is 36.5 Å². The topological polar surface area (TPSA) is 111 Å². The van der Waals surface area contributed by atoms with Gasteiger partial charge in [0.1, 0.15) is 5.57 Å². The van der Waals surface area contributed by atoms with Crippen LogP contribution in [0.1, 0.15) is 5.56 Å². The predicted octanol–water partition coefficient (Wildman–Crippen LogP) is 2.73. The van der Waals surface area contributed by atoms with E-state index in [2.05, 4.69) is 5.43 Å². The summed E-state index contributed by atoms with van der Waals surface area (Å²) in [5.41, 5.74) is 2.18. The van der Waals surface area contributed by atoms with Crippen molar-refractivity contribution in [3.63, 3.8) is 0 Å². The largest absolute Gasteiger partial charge is 0.493 e. The van der Waals surface area contributed by atoms with E-state index in [-0.39, 0.29) is 28.3 Å². The Morgan fingerprint density at radius 3 is 2.43 bits per heavy atom. The molecule has 2 aromatic carbocycles. The van der Waals surface area contributed by atoms with Gasteiger partial charge in [-0.05, 0) is 30.3 Å². The van der Waals surface area contributed by atoms with E-state index >= 15 is 0 Å². The highest BCUT2D eigenvalue weighted by Crippen LogP contribution is 2.36. The normalized spacial score (nSPS) is 15.0. The van der Waals surface area contributed by atoms with Crippen LogP contribution in [0.5, 0.6) is 11.5 Å². The van der Waals surface area contributed by atoms with Gasteiger partial charge in [-0.25, -0.2) is 5.01 Å². The van der Waals surface area contributed by atoms with Crippen LogP contribution >= 0.6 is 11.6 Å². The van der Waals surface area contributed by atoms with E-state index < -0.39 is 16.7 Å². The number of carbonyl (C=O) groups is 2. The summed E-state index contributed by atoms with van der Waals surface area (Å²) < 4.78 is 10.2. The molecular weight excluding hydrogens is 390 g/mol. The third-order valence-corrected chi connectivity index (χ3v) is 4.22. The highest BCUT2D eigenvalue weighted by atomic mass is 35.5. The van der Waals surface area contributed by atoms with Crippen LogP contribution in [-0.4, -0.2) is 31.0 Å². The van der Waals surface area contributed by atoms with Gasteiger partial charge in [0.15, 0.2) is 11.5 Å². The predicted molar refractivity (Wildman–Crippen MR) is 101 cm³/mol. The van der Waals surface area contributed by atoms with Crippen molar-refractivity contribution in [1.29, 1.82) is 0 Å². The number of anilines is 1. The Kier molecular flexibility index (Phi) is 5.18. The molecule has 144 valence electrons. The Hall–Kier alpha value is -3.59. The van der Waals surface area contributed by atoms with Crippen LogP contribution in [0.2, 0.25) is 5.02 Å². The average molecular weight is 404 g/mol. The van der Waals surface area contributed by atoms with Crippen LogP contribution in [0.4, 0.5) is 11.4 Å². The van der Waals surface area contributed by atoms with E-state index in [4.69, 9.17) is 21.1 Å². The minimum Gasteiger partial charge on any atom is -0.493 e. The molecule has 2 amide bonds. The van der Waals surface area contributed by atoms with Crippen molar-refractivity contribution in [3.05, 3.63) is 62.7 Å². The molecule has 0 bridgehead atoms. The first-order valence-corrected chi connectivity index (χ1v) is 8.26. The summed E-state index contributed by atoms with van der Waals surface area (Å²) in [6.07, 6.45) is 1.14. The molecule has 10 heteroatoms. The molecule has 0 radical (unpaired) electrons. The van der Waals surface area contributed by atoms with E-state index in [9.17, 15) is 19.7 Å². The number of nitrogens with one attached hydrogen (secondary N) is 1. The molecule has 28 heavy (non-hydrogen) atoms. The van der Waals surface area contributed by atoms with Gasteiger partial charge in [-0.15, -0.1) is 0 Å². The minimum absolute atomic E-state index is 0.0223. The van der Waals surface area contributed by atoms with Gasteiger partial charge in [0, 0.05) is 5.02 Å². The molecule has 1 heterocycles. The van der Waals surface area contributed by atoms with E-state index in [0.717, 1.165) is 17.2 Å². The number of nitro benzene ring substituents is 1. The first-order chi connectivity index (χ1) is 13.3. The number of hydrogen-bond acceptors (Lipinski definition) is 6. The number of nitrogens with zero attached hydrogens (tertiary/aromatic N) is 2. The Balaban J connectivity index is 2.07. The zero-order valence-corrected chi connectivity index (χ0v) is 15.5. The van der Waals surface area contributed by atoms with Crippen LogP contribution in [-0.2, 0) is 9.59 Å². The van der Waals surface area contributed by atoms with E-state index in [0.29, 0.717) is 10.7 Å². The molecule has 1 aliphatic rings. The number of ether oxygens (including phenoxy) is 2. The molecule has 2 aromatic rings. The lowest BCUT2D eigenvalue weighted by molar-refractivity contribution is -0.385. The third kappa shape index (κ3) is 3.47. The number of nitro groups is 1. The molecule has 0 unspecified atom stereocenters. The van der Waals surface area contributed by atoms with Crippen molar-refractivity contribution >= 4 is 40.9 Å². The second kappa shape index (κ2) is 7.57. The SMILES string of the molecule is COc1cc(/C=C2/C(=O)NN(c3cccc(Cl)c3)C2=O)c([N+](=O)[O-])cc1OC. The fourth-order valence-electron chi connectivity index (χ4n) is 2.67. The van der Waals surface area contributed by atoms with E-state index in [1.165, 1.54) is 26.4 Å². The molecular formula is C18H14ClN3O6. The fourth-order valence-corrected chi connectivity index (χ4v) is 2.85. The summed E-state index contributed by atoms with van der Waals surface area (Å²) in [5, 5.41) is 12.8. The van der Waals surface area contributed by atoms with Gasteiger partial charge >= 0.3 is 0 Å². The maximum Gasteiger partial charge on any atom is 0.282 e. The number of rotatable bonds is 5. The lowest BCUT2D eigenvalue weighted by atomic mass is 10.1. The van der Waals surface area contributed by atoms with Gasteiger partial charge < -0.3 is 9.47 Å². The van der Waals surface area contributed by atoms with Crippen molar-refractivity contribution in [1.82, 2.24) is 5.43 Å². The Bertz CT molecular complexity index is 1020. The summed E-state index contributed by atoms with van der Waals surface area (Å²) in [6, 6.07) is 8.83. The maximum absolute atomic E-state index is 12.7. The second-order valence-corrected chi connectivity index (χ2v) is 6.08. The standard InChI is InChI=1S/C18H14ClN3O6/c1-27-15-7-10(14(22(25)26)9-16(15)28-2)6-13-17(23)20-21(18(13)24)12-5-3-4-11(19)8-12/h3-9H,1-2H3,(H,20,23)/b13-6-. The van der Waals surface area contributed by atoms with Gasteiger partial charge in [0.25, 0.3) is 17.5 Å². The van der Waals surface area contributed by atoms with Crippen LogP contribution < -0.4 is 19.9 Å². The summed E-state index contributed by atoms with van der Waals surface area (Å²) in [7, 11) is 2.71. The van der Waals surface area contributed by atoms with Gasteiger partial charge in [-0.3, -0.25) is 25.1 Å². The Morgan fingerprint density at radius 2 is 1.82 bits per heavy atom. The van der Waals surface area contributed by atoms with Crippen molar-refractivity contribution in [2.75, 3.05) is 19.2 Å². The van der Waals surface area contributed by atoms with Crippen molar-refractivity contribution in [2.45, 2.75) is 0 Å². The van der Waals surface area contributed by atoms with Gasteiger partial charge in [0.2, 0.25) is 0 Å². The van der Waals surface area contributed by atoms with Crippen LogP contribution in [0.25, 0.3) is 6.08 Å². The number of halogens is 1. The molecule has 9 nitrogen and oxygen atoms in total. The van der Waals surface area contributed by atoms with Crippen molar-refractivity contribution in [3.8, 4) is 11.5 Å². The fraction of sp³-hybridized carbons (Fsp3) is 0.111. The maximum atomic E-state index is 12.7. The molecule has 0 atom stereocenters. The molecule has 1 fully saturated rings. The van der Waals surface area contributed by atoms with Crippen molar-refractivity contribution < 1.29 is 24.0 Å². The molecule has 0 aliphatic carbocycles. The first-order valence-electron chi connectivity index (χ1n) is 7.88. The summed E-state index contributed by atoms with van der Waals surface area (Å²) >= 11 is 5.93. The molecule has 0 spiro atoms. The summed E-state index contributed by atoms with van der Waals surface area (Å²) in [6.45, 7) is 0. The lowest BCUT2D eigenvalue weighted by Gasteiger charge is -2.14. The number of carbonyl (C=O) groups excluding carboxylic acids is 2. The van der Waals surface area contributed by atoms with Crippen LogP contribution in [0.3, 0.4) is 0 Å². The molecule has 1 saturated heterocycles. The van der Waals surface area contributed by atoms with Crippen molar-refractivity contribution in [2.24, 2.45) is 0 Å². The monoisotopic (exact) mass is 403 g/mol.